The molecule has 0 atom stereocenters. The van der Waals surface area contributed by atoms with Crippen LogP contribution in [0.1, 0.15) is 5.56 Å². The van der Waals surface area contributed by atoms with Gasteiger partial charge in [0.15, 0.2) is 5.15 Å². The lowest BCUT2D eigenvalue weighted by molar-refractivity contribution is 0.594. The molecule has 0 saturated carbocycles. The van der Waals surface area contributed by atoms with Gasteiger partial charge in [-0.15, -0.1) is 0 Å². The number of benzene rings is 1. The molecule has 0 spiro atoms. The quantitative estimate of drug-likeness (QED) is 0.826. The second-order valence-electron chi connectivity index (χ2n) is 4.01. The minimum absolute atomic E-state index is 0.00540. The molecular formula is C12H9BrClFN2O2S. The van der Waals surface area contributed by atoms with Crippen molar-refractivity contribution < 1.29 is 12.8 Å². The molecule has 0 unspecified atom stereocenters. The fourth-order valence-corrected chi connectivity index (χ4v) is 3.41. The largest absolute Gasteiger partial charge is 0.276 e. The van der Waals surface area contributed by atoms with E-state index >= 15 is 0 Å². The van der Waals surface area contributed by atoms with Crippen molar-refractivity contribution in [2.75, 3.05) is 4.72 Å². The molecule has 1 aromatic heterocycles. The first-order valence-corrected chi connectivity index (χ1v) is 8.05. The zero-order valence-electron chi connectivity index (χ0n) is 10.2. The van der Waals surface area contributed by atoms with Gasteiger partial charge in [0.05, 0.1) is 10.6 Å². The van der Waals surface area contributed by atoms with E-state index < -0.39 is 15.8 Å². The summed E-state index contributed by atoms with van der Waals surface area (Å²) in [5.74, 6) is -0.630. The predicted octanol–water partition coefficient (Wildman–Crippen LogP) is 3.75. The molecule has 2 aromatic rings. The third-order valence-corrected chi connectivity index (χ3v) is 4.73. The van der Waals surface area contributed by atoms with Gasteiger partial charge in [0.2, 0.25) is 0 Å². The van der Waals surface area contributed by atoms with E-state index in [9.17, 15) is 12.8 Å². The van der Waals surface area contributed by atoms with Crippen LogP contribution in [0.2, 0.25) is 5.15 Å². The molecule has 20 heavy (non-hydrogen) atoms. The zero-order chi connectivity index (χ0) is 14.9. The van der Waals surface area contributed by atoms with E-state index in [1.807, 2.05) is 0 Å². The monoisotopic (exact) mass is 378 g/mol. The summed E-state index contributed by atoms with van der Waals surface area (Å²) in [7, 11) is -3.94. The normalized spacial score (nSPS) is 11.4. The molecule has 106 valence electrons. The number of anilines is 1. The number of pyridine rings is 1. The van der Waals surface area contributed by atoms with Gasteiger partial charge in [-0.05, 0) is 46.6 Å². The molecule has 1 heterocycles. The van der Waals surface area contributed by atoms with E-state index in [1.54, 1.807) is 6.92 Å². The fourth-order valence-electron chi connectivity index (χ4n) is 1.56. The highest BCUT2D eigenvalue weighted by molar-refractivity contribution is 9.10. The number of hydrogen-bond donors (Lipinski definition) is 1. The van der Waals surface area contributed by atoms with Crippen molar-refractivity contribution >= 4 is 43.2 Å². The Hall–Kier alpha value is -1.18. The second kappa shape index (κ2) is 5.67. The van der Waals surface area contributed by atoms with Gasteiger partial charge in [0.25, 0.3) is 10.0 Å². The fraction of sp³-hybridized carbons (Fsp3) is 0.0833. The van der Waals surface area contributed by atoms with Crippen LogP contribution in [0, 0.1) is 12.7 Å². The molecule has 0 amide bonds. The van der Waals surface area contributed by atoms with Crippen LogP contribution in [0.5, 0.6) is 0 Å². The molecule has 8 heteroatoms. The van der Waals surface area contributed by atoms with Crippen LogP contribution < -0.4 is 4.72 Å². The summed E-state index contributed by atoms with van der Waals surface area (Å²) in [6.45, 7) is 1.58. The zero-order valence-corrected chi connectivity index (χ0v) is 13.4. The van der Waals surface area contributed by atoms with E-state index in [-0.39, 0.29) is 15.7 Å². The molecule has 0 aliphatic carbocycles. The van der Waals surface area contributed by atoms with E-state index in [1.165, 1.54) is 24.4 Å². The Balaban J connectivity index is 2.46. The minimum Gasteiger partial charge on any atom is -0.276 e. The summed E-state index contributed by atoms with van der Waals surface area (Å²) in [5.41, 5.74) is 0.544. The Morgan fingerprint density at radius 3 is 2.75 bits per heavy atom. The van der Waals surface area contributed by atoms with Crippen molar-refractivity contribution in [1.82, 2.24) is 4.98 Å². The third kappa shape index (κ3) is 3.28. The summed E-state index contributed by atoms with van der Waals surface area (Å²) < 4.78 is 40.6. The Morgan fingerprint density at radius 2 is 2.05 bits per heavy atom. The summed E-state index contributed by atoms with van der Waals surface area (Å²) in [4.78, 5) is 3.67. The van der Waals surface area contributed by atoms with Crippen LogP contribution in [-0.4, -0.2) is 13.4 Å². The average molecular weight is 380 g/mol. The van der Waals surface area contributed by atoms with Crippen molar-refractivity contribution in [3.05, 3.63) is 51.5 Å². The van der Waals surface area contributed by atoms with Crippen molar-refractivity contribution in [2.45, 2.75) is 11.8 Å². The summed E-state index contributed by atoms with van der Waals surface area (Å²) in [5, 5.41) is 0.00540. The maximum atomic E-state index is 13.2. The van der Waals surface area contributed by atoms with Crippen LogP contribution in [0.3, 0.4) is 0 Å². The maximum Gasteiger partial charge on any atom is 0.262 e. The first-order chi connectivity index (χ1) is 9.29. The van der Waals surface area contributed by atoms with Gasteiger partial charge in [-0.25, -0.2) is 17.8 Å². The van der Waals surface area contributed by atoms with Gasteiger partial charge in [-0.3, -0.25) is 4.72 Å². The van der Waals surface area contributed by atoms with Gasteiger partial charge in [-0.2, -0.15) is 0 Å². The average Bonchev–Trinajstić information content (AvgIpc) is 2.36. The van der Waals surface area contributed by atoms with E-state index in [2.05, 4.69) is 25.6 Å². The molecule has 0 aliphatic rings. The van der Waals surface area contributed by atoms with Crippen LogP contribution in [0.4, 0.5) is 10.1 Å². The van der Waals surface area contributed by atoms with Crippen molar-refractivity contribution in [3.63, 3.8) is 0 Å². The third-order valence-electron chi connectivity index (χ3n) is 2.49. The van der Waals surface area contributed by atoms with E-state index in [0.29, 0.717) is 10.0 Å². The minimum atomic E-state index is -3.94. The molecule has 0 radical (unpaired) electrons. The molecule has 4 nitrogen and oxygen atoms in total. The lowest BCUT2D eigenvalue weighted by atomic mass is 10.2. The van der Waals surface area contributed by atoms with Crippen LogP contribution in [0.15, 0.2) is 39.8 Å². The summed E-state index contributed by atoms with van der Waals surface area (Å²) in [6.07, 6.45) is 1.44. The Labute approximate surface area is 129 Å². The first-order valence-electron chi connectivity index (χ1n) is 5.39. The van der Waals surface area contributed by atoms with Crippen molar-refractivity contribution in [2.24, 2.45) is 0 Å². The Kier molecular flexibility index (Phi) is 4.31. The predicted molar refractivity (Wildman–Crippen MR) is 78.9 cm³/mol. The topological polar surface area (TPSA) is 59.1 Å². The van der Waals surface area contributed by atoms with E-state index in [4.69, 9.17) is 11.6 Å². The van der Waals surface area contributed by atoms with E-state index in [0.717, 1.165) is 6.07 Å². The number of aryl methyl sites for hydroxylation is 1. The van der Waals surface area contributed by atoms with Gasteiger partial charge in [-0.1, -0.05) is 17.7 Å². The number of hydrogen-bond acceptors (Lipinski definition) is 3. The molecule has 0 fully saturated rings. The maximum absolute atomic E-state index is 13.2. The van der Waals surface area contributed by atoms with Gasteiger partial charge in [0.1, 0.15) is 5.82 Å². The molecule has 1 N–H and O–H groups in total. The highest BCUT2D eigenvalue weighted by atomic mass is 79.9. The highest BCUT2D eigenvalue weighted by Crippen LogP contribution is 2.26. The molecular weight excluding hydrogens is 371 g/mol. The van der Waals surface area contributed by atoms with Gasteiger partial charge >= 0.3 is 0 Å². The smallest absolute Gasteiger partial charge is 0.262 e. The number of sulfonamides is 1. The van der Waals surface area contributed by atoms with Crippen molar-refractivity contribution in [3.8, 4) is 0 Å². The number of nitrogens with one attached hydrogen (secondary N) is 1. The van der Waals surface area contributed by atoms with Crippen LogP contribution >= 0.6 is 27.5 Å². The molecule has 1 aromatic carbocycles. The van der Waals surface area contributed by atoms with Gasteiger partial charge < -0.3 is 0 Å². The Morgan fingerprint density at radius 1 is 1.35 bits per heavy atom. The molecule has 0 saturated heterocycles. The Bertz CT molecular complexity index is 768. The number of nitrogens with zero attached hydrogens (tertiary/aromatic N) is 1. The second-order valence-corrected chi connectivity index (χ2v) is 6.93. The lowest BCUT2D eigenvalue weighted by Crippen LogP contribution is -2.15. The van der Waals surface area contributed by atoms with Gasteiger partial charge in [0, 0.05) is 10.7 Å². The summed E-state index contributed by atoms with van der Waals surface area (Å²) in [6, 6.07) is 5.02. The molecule has 2 rings (SSSR count). The molecule has 0 aliphatic heterocycles. The molecule has 0 bridgehead atoms. The first kappa shape index (κ1) is 15.2. The number of aromatic nitrogens is 1. The SMILES string of the molecule is Cc1ccc(F)cc1S(=O)(=O)Nc1cc(Br)cnc1Cl. The standard InChI is InChI=1S/C12H9BrClFN2O2S/c1-7-2-3-9(15)5-11(7)20(18,19)17-10-4-8(13)6-16-12(10)14/h2-6,17H,1H3. The number of rotatable bonds is 3. The highest BCUT2D eigenvalue weighted by Gasteiger charge is 2.19. The van der Waals surface area contributed by atoms with Crippen molar-refractivity contribution in [1.29, 1.82) is 0 Å². The van der Waals surface area contributed by atoms with Crippen LogP contribution in [-0.2, 0) is 10.0 Å². The number of halogens is 3. The lowest BCUT2D eigenvalue weighted by Gasteiger charge is -2.11. The summed E-state index contributed by atoms with van der Waals surface area (Å²) >= 11 is 9.00. The van der Waals surface area contributed by atoms with Crippen LogP contribution in [0.25, 0.3) is 0 Å².